The number of imidazole rings is 1. The number of aryl methyl sites for hydroxylation is 3. The SMILES string of the molecule is CCCn1c(=O)n(Cc2c(C)noc2C)c2ccccc21. The molecule has 5 heteroatoms. The fourth-order valence-corrected chi connectivity index (χ4v) is 2.75. The number of nitrogens with zero attached hydrogens (tertiary/aromatic N) is 3. The highest BCUT2D eigenvalue weighted by atomic mass is 16.5. The molecule has 0 aliphatic rings. The average molecular weight is 285 g/mol. The highest BCUT2D eigenvalue weighted by molar-refractivity contribution is 5.76. The van der Waals surface area contributed by atoms with E-state index in [1.54, 1.807) is 4.57 Å². The smallest absolute Gasteiger partial charge is 0.329 e. The van der Waals surface area contributed by atoms with Gasteiger partial charge in [0.25, 0.3) is 0 Å². The van der Waals surface area contributed by atoms with Gasteiger partial charge in [-0.25, -0.2) is 4.79 Å². The monoisotopic (exact) mass is 285 g/mol. The molecule has 5 nitrogen and oxygen atoms in total. The van der Waals surface area contributed by atoms with E-state index >= 15 is 0 Å². The van der Waals surface area contributed by atoms with E-state index in [0.29, 0.717) is 6.54 Å². The van der Waals surface area contributed by atoms with Crippen LogP contribution < -0.4 is 5.69 Å². The van der Waals surface area contributed by atoms with Crippen molar-refractivity contribution in [3.8, 4) is 0 Å². The molecular weight excluding hydrogens is 266 g/mol. The van der Waals surface area contributed by atoms with Crippen molar-refractivity contribution in [1.82, 2.24) is 14.3 Å². The van der Waals surface area contributed by atoms with E-state index in [2.05, 4.69) is 12.1 Å². The Kier molecular flexibility index (Phi) is 3.41. The Bertz CT molecular complexity index is 819. The molecule has 21 heavy (non-hydrogen) atoms. The van der Waals surface area contributed by atoms with Crippen LogP contribution in [0.3, 0.4) is 0 Å². The first-order valence-corrected chi connectivity index (χ1v) is 7.23. The first kappa shape index (κ1) is 13.7. The molecule has 0 unspecified atom stereocenters. The van der Waals surface area contributed by atoms with Gasteiger partial charge in [0.05, 0.1) is 23.3 Å². The molecule has 0 bridgehead atoms. The van der Waals surface area contributed by atoms with Crippen LogP contribution in [0, 0.1) is 13.8 Å². The van der Waals surface area contributed by atoms with Gasteiger partial charge < -0.3 is 4.52 Å². The summed E-state index contributed by atoms with van der Waals surface area (Å²) in [5.74, 6) is 0.770. The molecule has 0 aliphatic heterocycles. The summed E-state index contributed by atoms with van der Waals surface area (Å²) in [5.41, 5.74) is 3.79. The summed E-state index contributed by atoms with van der Waals surface area (Å²) in [4.78, 5) is 12.7. The maximum absolute atomic E-state index is 12.7. The van der Waals surface area contributed by atoms with Gasteiger partial charge in [-0.2, -0.15) is 0 Å². The first-order chi connectivity index (χ1) is 10.1. The number of benzene rings is 1. The Morgan fingerprint density at radius 1 is 1.14 bits per heavy atom. The number of fused-ring (bicyclic) bond motifs is 1. The first-order valence-electron chi connectivity index (χ1n) is 7.23. The molecule has 2 aromatic heterocycles. The second-order valence-electron chi connectivity index (χ2n) is 5.31. The summed E-state index contributed by atoms with van der Waals surface area (Å²) < 4.78 is 8.85. The van der Waals surface area contributed by atoms with Gasteiger partial charge >= 0.3 is 5.69 Å². The normalized spacial score (nSPS) is 11.4. The second-order valence-corrected chi connectivity index (χ2v) is 5.31. The van der Waals surface area contributed by atoms with E-state index in [4.69, 9.17) is 4.52 Å². The topological polar surface area (TPSA) is 53.0 Å². The highest BCUT2D eigenvalue weighted by Crippen LogP contribution is 2.18. The molecule has 2 heterocycles. The van der Waals surface area contributed by atoms with Crippen LogP contribution in [0.2, 0.25) is 0 Å². The fraction of sp³-hybridized carbons (Fsp3) is 0.375. The molecule has 3 rings (SSSR count). The van der Waals surface area contributed by atoms with Crippen LogP contribution in [0.1, 0.15) is 30.4 Å². The molecule has 0 saturated carbocycles. The molecule has 3 aromatic rings. The molecule has 0 spiro atoms. The number of hydrogen-bond acceptors (Lipinski definition) is 3. The number of para-hydroxylation sites is 2. The Morgan fingerprint density at radius 3 is 2.38 bits per heavy atom. The van der Waals surface area contributed by atoms with Crippen molar-refractivity contribution in [3.63, 3.8) is 0 Å². The summed E-state index contributed by atoms with van der Waals surface area (Å²) in [5, 5.41) is 3.97. The predicted octanol–water partition coefficient (Wildman–Crippen LogP) is 2.87. The Morgan fingerprint density at radius 2 is 1.81 bits per heavy atom. The van der Waals surface area contributed by atoms with Gasteiger partial charge in [0, 0.05) is 12.1 Å². The quantitative estimate of drug-likeness (QED) is 0.740. The summed E-state index contributed by atoms with van der Waals surface area (Å²) >= 11 is 0. The third-order valence-corrected chi connectivity index (χ3v) is 3.87. The molecule has 0 radical (unpaired) electrons. The van der Waals surface area contributed by atoms with Crippen LogP contribution in [0.5, 0.6) is 0 Å². The minimum absolute atomic E-state index is 0.0260. The van der Waals surface area contributed by atoms with Crippen molar-refractivity contribution < 1.29 is 4.52 Å². The van der Waals surface area contributed by atoms with Gasteiger partial charge in [0.2, 0.25) is 0 Å². The van der Waals surface area contributed by atoms with Crippen LogP contribution in [0.25, 0.3) is 11.0 Å². The van der Waals surface area contributed by atoms with Gasteiger partial charge in [-0.15, -0.1) is 0 Å². The largest absolute Gasteiger partial charge is 0.361 e. The van der Waals surface area contributed by atoms with Crippen LogP contribution in [-0.4, -0.2) is 14.3 Å². The number of rotatable bonds is 4. The van der Waals surface area contributed by atoms with Gasteiger partial charge in [-0.05, 0) is 32.4 Å². The van der Waals surface area contributed by atoms with Crippen LogP contribution in [0.15, 0.2) is 33.6 Å². The van der Waals surface area contributed by atoms with Gasteiger partial charge in [0.15, 0.2) is 0 Å². The Labute approximate surface area is 122 Å². The van der Waals surface area contributed by atoms with Crippen molar-refractivity contribution in [2.24, 2.45) is 0 Å². The average Bonchev–Trinajstić information content (AvgIpc) is 2.94. The van der Waals surface area contributed by atoms with E-state index in [1.165, 1.54) is 0 Å². The van der Waals surface area contributed by atoms with E-state index in [9.17, 15) is 4.79 Å². The standard InChI is InChI=1S/C16H19N3O2/c1-4-9-18-14-7-5-6-8-15(14)19(16(18)20)10-13-11(2)17-21-12(13)3/h5-8H,4,9-10H2,1-3H3. The second kappa shape index (κ2) is 5.24. The summed E-state index contributed by atoms with van der Waals surface area (Å²) in [6.45, 7) is 7.09. The Hall–Kier alpha value is -2.30. The molecule has 0 N–H and O–H groups in total. The molecular formula is C16H19N3O2. The van der Waals surface area contributed by atoms with Gasteiger partial charge in [-0.1, -0.05) is 24.2 Å². The fourth-order valence-electron chi connectivity index (χ4n) is 2.75. The highest BCUT2D eigenvalue weighted by Gasteiger charge is 2.16. The Balaban J connectivity index is 2.19. The lowest BCUT2D eigenvalue weighted by Gasteiger charge is -2.02. The lowest BCUT2D eigenvalue weighted by molar-refractivity contribution is 0.392. The number of hydrogen-bond donors (Lipinski definition) is 0. The maximum atomic E-state index is 12.7. The zero-order valence-corrected chi connectivity index (χ0v) is 12.6. The zero-order chi connectivity index (χ0) is 15.0. The summed E-state index contributed by atoms with van der Waals surface area (Å²) in [6.07, 6.45) is 0.930. The van der Waals surface area contributed by atoms with Crippen molar-refractivity contribution in [2.45, 2.75) is 40.3 Å². The molecule has 110 valence electrons. The van der Waals surface area contributed by atoms with Crippen LogP contribution in [-0.2, 0) is 13.1 Å². The molecule has 1 aromatic carbocycles. The molecule has 0 fully saturated rings. The summed E-state index contributed by atoms with van der Waals surface area (Å²) in [7, 11) is 0. The van der Waals surface area contributed by atoms with E-state index in [-0.39, 0.29) is 5.69 Å². The summed E-state index contributed by atoms with van der Waals surface area (Å²) in [6, 6.07) is 7.91. The van der Waals surface area contributed by atoms with Gasteiger partial charge in [-0.3, -0.25) is 9.13 Å². The van der Waals surface area contributed by atoms with E-state index < -0.39 is 0 Å². The van der Waals surface area contributed by atoms with E-state index in [1.807, 2.05) is 42.7 Å². The van der Waals surface area contributed by atoms with Crippen molar-refractivity contribution in [2.75, 3.05) is 0 Å². The number of aromatic nitrogens is 3. The van der Waals surface area contributed by atoms with Crippen molar-refractivity contribution >= 4 is 11.0 Å². The minimum Gasteiger partial charge on any atom is -0.361 e. The zero-order valence-electron chi connectivity index (χ0n) is 12.6. The predicted molar refractivity (Wildman–Crippen MR) is 81.6 cm³/mol. The third-order valence-electron chi connectivity index (χ3n) is 3.87. The maximum Gasteiger partial charge on any atom is 0.329 e. The lowest BCUT2D eigenvalue weighted by atomic mass is 10.2. The lowest BCUT2D eigenvalue weighted by Crippen LogP contribution is -2.25. The minimum atomic E-state index is 0.0260. The molecule has 0 amide bonds. The van der Waals surface area contributed by atoms with Gasteiger partial charge in [0.1, 0.15) is 5.76 Å². The van der Waals surface area contributed by atoms with Crippen LogP contribution in [0.4, 0.5) is 0 Å². The third kappa shape index (κ3) is 2.18. The molecule has 0 saturated heterocycles. The molecule has 0 aliphatic carbocycles. The van der Waals surface area contributed by atoms with Crippen molar-refractivity contribution in [1.29, 1.82) is 0 Å². The van der Waals surface area contributed by atoms with Crippen molar-refractivity contribution in [3.05, 3.63) is 51.8 Å². The van der Waals surface area contributed by atoms with E-state index in [0.717, 1.165) is 41.0 Å². The molecule has 0 atom stereocenters. The van der Waals surface area contributed by atoms with Crippen LogP contribution >= 0.6 is 0 Å².